The van der Waals surface area contributed by atoms with E-state index in [4.69, 9.17) is 4.43 Å². The molecule has 0 spiro atoms. The number of benzene rings is 2. The molecule has 0 fully saturated rings. The van der Waals surface area contributed by atoms with Crippen LogP contribution in [0.4, 0.5) is 0 Å². The maximum atomic E-state index is 13.8. The highest BCUT2D eigenvalue weighted by Crippen LogP contribution is 2.37. The Labute approximate surface area is 199 Å². The van der Waals surface area contributed by atoms with Crippen LogP contribution in [-0.4, -0.2) is 26.5 Å². The van der Waals surface area contributed by atoms with Crippen LogP contribution in [-0.2, 0) is 21.1 Å². The molecule has 0 aliphatic heterocycles. The van der Waals surface area contributed by atoms with Crippen molar-refractivity contribution in [2.75, 3.05) is 0 Å². The fourth-order valence-electron chi connectivity index (χ4n) is 3.97. The second-order valence-electron chi connectivity index (χ2n) is 10.5. The molecule has 0 bridgehead atoms. The average Bonchev–Trinajstić information content (AvgIpc) is 3.04. The number of aryl methyl sites for hydroxylation is 3. The minimum atomic E-state index is -3.91. The van der Waals surface area contributed by atoms with E-state index in [0.717, 1.165) is 11.1 Å². The Morgan fingerprint density at radius 1 is 1.03 bits per heavy atom. The van der Waals surface area contributed by atoms with Crippen molar-refractivity contribution in [1.29, 1.82) is 0 Å². The van der Waals surface area contributed by atoms with E-state index < -0.39 is 18.3 Å². The van der Waals surface area contributed by atoms with E-state index >= 15 is 0 Å². The average molecular weight is 486 g/mol. The van der Waals surface area contributed by atoms with Gasteiger partial charge < -0.3 is 4.43 Å². The summed E-state index contributed by atoms with van der Waals surface area (Å²) in [5.74, 6) is -0.170. The van der Waals surface area contributed by atoms with Gasteiger partial charge in [-0.15, -0.1) is 0 Å². The molecule has 178 valence electrons. The molecule has 3 rings (SSSR count). The summed E-state index contributed by atoms with van der Waals surface area (Å²) in [6.07, 6.45) is 1.46. The minimum Gasteiger partial charge on any atom is -0.413 e. The van der Waals surface area contributed by atoms with Crippen LogP contribution in [0, 0.1) is 20.8 Å². The lowest BCUT2D eigenvalue weighted by Crippen LogP contribution is -2.40. The van der Waals surface area contributed by atoms with Crippen LogP contribution in [0.2, 0.25) is 18.1 Å². The molecular weight excluding hydrogens is 450 g/mol. The van der Waals surface area contributed by atoms with Crippen LogP contribution >= 0.6 is 0 Å². The monoisotopic (exact) mass is 485 g/mol. The number of hydrogen-bond acceptors (Lipinski definition) is 4. The van der Waals surface area contributed by atoms with Gasteiger partial charge >= 0.3 is 0 Å². The SMILES string of the molecule is CC(=O)c1cn(S(=O)(=O)c2c(C)cc(C)cc2C)c2cc(CO[Si](C)(C)C(C)(C)C)ccc12. The lowest BCUT2D eigenvalue weighted by Gasteiger charge is -2.36. The molecule has 1 heterocycles. The van der Waals surface area contributed by atoms with Crippen LogP contribution in [0.5, 0.6) is 0 Å². The third-order valence-electron chi connectivity index (χ3n) is 6.74. The zero-order valence-electron chi connectivity index (χ0n) is 21.2. The zero-order valence-corrected chi connectivity index (χ0v) is 23.0. The van der Waals surface area contributed by atoms with E-state index in [1.165, 1.54) is 17.1 Å². The Balaban J connectivity index is 2.18. The van der Waals surface area contributed by atoms with Gasteiger partial charge in [-0.3, -0.25) is 4.79 Å². The maximum absolute atomic E-state index is 13.8. The van der Waals surface area contributed by atoms with Gasteiger partial charge in [-0.05, 0) is 68.6 Å². The quantitative estimate of drug-likeness (QED) is 0.294. The van der Waals surface area contributed by atoms with Crippen molar-refractivity contribution in [1.82, 2.24) is 3.97 Å². The Morgan fingerprint density at radius 3 is 2.12 bits per heavy atom. The molecule has 0 unspecified atom stereocenters. The molecule has 0 saturated carbocycles. The predicted molar refractivity (Wildman–Crippen MR) is 137 cm³/mol. The molecule has 0 atom stereocenters. The number of Topliss-reactive ketones (excluding diaryl/α,β-unsaturated/α-hetero) is 1. The smallest absolute Gasteiger partial charge is 0.268 e. The van der Waals surface area contributed by atoms with Crippen molar-refractivity contribution < 1.29 is 17.6 Å². The molecule has 0 amide bonds. The summed E-state index contributed by atoms with van der Waals surface area (Å²) in [6, 6.07) is 9.33. The normalized spacial score (nSPS) is 13.0. The summed E-state index contributed by atoms with van der Waals surface area (Å²) in [5, 5.41) is 0.702. The molecule has 0 aliphatic rings. The van der Waals surface area contributed by atoms with E-state index in [0.29, 0.717) is 34.2 Å². The van der Waals surface area contributed by atoms with Gasteiger partial charge in [-0.25, -0.2) is 12.4 Å². The molecule has 0 saturated heterocycles. The fourth-order valence-corrected chi connectivity index (χ4v) is 6.71. The van der Waals surface area contributed by atoms with Crippen LogP contribution in [0.1, 0.15) is 60.3 Å². The molecular formula is C26H35NO4SSi. The third-order valence-corrected chi connectivity index (χ3v) is 13.2. The van der Waals surface area contributed by atoms with Gasteiger partial charge in [0.25, 0.3) is 10.0 Å². The van der Waals surface area contributed by atoms with Crippen LogP contribution in [0.15, 0.2) is 41.4 Å². The molecule has 0 N–H and O–H groups in total. The Bertz CT molecular complexity index is 1320. The highest BCUT2D eigenvalue weighted by atomic mass is 32.2. The number of hydrogen-bond donors (Lipinski definition) is 0. The molecule has 33 heavy (non-hydrogen) atoms. The van der Waals surface area contributed by atoms with Crippen molar-refractivity contribution >= 4 is 35.0 Å². The topological polar surface area (TPSA) is 65.4 Å². The number of aromatic nitrogens is 1. The lowest BCUT2D eigenvalue weighted by molar-refractivity contribution is 0.101. The first-order valence-corrected chi connectivity index (χ1v) is 15.5. The Kier molecular flexibility index (Phi) is 6.56. The molecule has 1 aromatic heterocycles. The fraction of sp³-hybridized carbons (Fsp3) is 0.423. The summed E-state index contributed by atoms with van der Waals surface area (Å²) >= 11 is 0. The summed E-state index contributed by atoms with van der Waals surface area (Å²) in [4.78, 5) is 12.6. The lowest BCUT2D eigenvalue weighted by atomic mass is 10.1. The van der Waals surface area contributed by atoms with Crippen molar-refractivity contribution in [3.05, 3.63) is 64.3 Å². The van der Waals surface area contributed by atoms with E-state index in [1.54, 1.807) is 0 Å². The first kappa shape index (κ1) is 25.4. The Morgan fingerprint density at radius 2 is 1.61 bits per heavy atom. The van der Waals surface area contributed by atoms with Crippen molar-refractivity contribution in [3.8, 4) is 0 Å². The molecule has 0 aliphatic carbocycles. The van der Waals surface area contributed by atoms with Crippen LogP contribution in [0.25, 0.3) is 10.9 Å². The minimum absolute atomic E-state index is 0.0724. The van der Waals surface area contributed by atoms with Gasteiger partial charge in [0.1, 0.15) is 0 Å². The number of carbonyl (C=O) groups excluding carboxylic acids is 1. The first-order valence-electron chi connectivity index (χ1n) is 11.2. The first-order chi connectivity index (χ1) is 15.1. The standard InChI is InChI=1S/C26H35NO4SSi/c1-17-12-18(2)25(19(3)13-17)32(29,30)27-15-23(20(4)28)22-11-10-21(14-24(22)27)16-31-33(8,9)26(5,6)7/h10-15H,16H2,1-9H3. The summed E-state index contributed by atoms with van der Waals surface area (Å²) < 4.78 is 35.3. The molecule has 3 aromatic rings. The second-order valence-corrected chi connectivity index (χ2v) is 17.1. The van der Waals surface area contributed by atoms with Gasteiger partial charge in [0, 0.05) is 17.1 Å². The van der Waals surface area contributed by atoms with E-state index in [9.17, 15) is 13.2 Å². The maximum Gasteiger partial charge on any atom is 0.268 e. The summed E-state index contributed by atoms with van der Waals surface area (Å²) in [7, 11) is -5.88. The molecule has 2 aromatic carbocycles. The summed E-state index contributed by atoms with van der Waals surface area (Å²) in [5.41, 5.74) is 4.17. The molecule has 7 heteroatoms. The number of rotatable bonds is 6. The number of nitrogens with zero attached hydrogens (tertiary/aromatic N) is 1. The third kappa shape index (κ3) is 4.72. The Hall–Kier alpha value is -2.22. The van der Waals surface area contributed by atoms with Gasteiger partial charge in [0.2, 0.25) is 0 Å². The van der Waals surface area contributed by atoms with Gasteiger partial charge in [0.05, 0.1) is 17.0 Å². The number of ketones is 1. The molecule has 5 nitrogen and oxygen atoms in total. The molecule has 0 radical (unpaired) electrons. The second kappa shape index (κ2) is 8.53. The van der Waals surface area contributed by atoms with Crippen LogP contribution < -0.4 is 0 Å². The van der Waals surface area contributed by atoms with E-state index in [-0.39, 0.29) is 15.7 Å². The van der Waals surface area contributed by atoms with Crippen LogP contribution in [0.3, 0.4) is 0 Å². The highest BCUT2D eigenvalue weighted by molar-refractivity contribution is 7.90. The largest absolute Gasteiger partial charge is 0.413 e. The van der Waals surface area contributed by atoms with E-state index in [1.807, 2.05) is 51.1 Å². The van der Waals surface area contributed by atoms with Crippen molar-refractivity contribution in [2.24, 2.45) is 0 Å². The number of fused-ring (bicyclic) bond motifs is 1. The predicted octanol–water partition coefficient (Wildman–Crippen LogP) is 6.53. The zero-order chi connectivity index (χ0) is 24.9. The van der Waals surface area contributed by atoms with Gasteiger partial charge in [-0.1, -0.05) is 50.6 Å². The van der Waals surface area contributed by atoms with Crippen molar-refractivity contribution in [2.45, 2.75) is 78.1 Å². The van der Waals surface area contributed by atoms with E-state index in [2.05, 4.69) is 33.9 Å². The van der Waals surface area contributed by atoms with Gasteiger partial charge in [-0.2, -0.15) is 0 Å². The van der Waals surface area contributed by atoms with Gasteiger partial charge in [0.15, 0.2) is 14.1 Å². The summed E-state index contributed by atoms with van der Waals surface area (Å²) in [6.45, 7) is 18.4. The highest BCUT2D eigenvalue weighted by Gasteiger charge is 2.37. The van der Waals surface area contributed by atoms with Crippen molar-refractivity contribution in [3.63, 3.8) is 0 Å². The number of carbonyl (C=O) groups is 1.